The van der Waals surface area contributed by atoms with Gasteiger partial charge in [0, 0.05) is 30.1 Å². The summed E-state index contributed by atoms with van der Waals surface area (Å²) in [5.74, 6) is -3.32. The van der Waals surface area contributed by atoms with Crippen LogP contribution in [0.1, 0.15) is 36.6 Å². The Morgan fingerprint density at radius 3 is 2.12 bits per heavy atom. The Hall–Kier alpha value is -0.220. The van der Waals surface area contributed by atoms with Crippen LogP contribution in [-0.4, -0.2) is 10.8 Å². The lowest BCUT2D eigenvalue weighted by molar-refractivity contribution is -0.117. The van der Waals surface area contributed by atoms with E-state index in [1.807, 2.05) is 32.0 Å². The minimum absolute atomic E-state index is 0.237. The first kappa shape index (κ1) is 14.8. The van der Waals surface area contributed by atoms with E-state index >= 15 is 0 Å². The van der Waals surface area contributed by atoms with Crippen LogP contribution in [0.5, 0.6) is 0 Å². The minimum Gasteiger partial charge on any atom is -0.366 e. The second kappa shape index (κ2) is 5.61. The molecule has 94 valence electrons. The van der Waals surface area contributed by atoms with Crippen molar-refractivity contribution in [3.63, 3.8) is 0 Å². The number of primary amides is 1. The Balaban J connectivity index is 3.34. The molecule has 0 aliphatic heterocycles. The standard InChI is InChI=1S/C11H16NO2PS2/c1-7(2)8-5-3-4-6-9(8)10(11(12)13)15(14,16)17/h3-7,10,14,16-17H,1-2H3,(H-,12,13)/p+1. The van der Waals surface area contributed by atoms with Crippen LogP contribution < -0.4 is 5.73 Å². The molecule has 1 rings (SSSR count). The molecule has 0 saturated heterocycles. The first-order valence-corrected chi connectivity index (χ1v) is 9.32. The van der Waals surface area contributed by atoms with Gasteiger partial charge in [-0.1, -0.05) is 38.1 Å². The van der Waals surface area contributed by atoms with E-state index in [2.05, 4.69) is 24.5 Å². The van der Waals surface area contributed by atoms with Crippen molar-refractivity contribution in [2.75, 3.05) is 0 Å². The second-order valence-corrected chi connectivity index (χ2v) is 10.6. The molecule has 0 spiro atoms. The highest BCUT2D eigenvalue weighted by molar-refractivity contribution is 8.83. The van der Waals surface area contributed by atoms with Crippen LogP contribution in [0, 0.1) is 0 Å². The maximum Gasteiger partial charge on any atom is 0.269 e. The van der Waals surface area contributed by atoms with E-state index in [1.54, 1.807) is 6.07 Å². The molecule has 0 aliphatic carbocycles. The second-order valence-electron chi connectivity index (χ2n) is 4.20. The Bertz CT molecular complexity index is 418. The summed E-state index contributed by atoms with van der Waals surface area (Å²) in [6.07, 6.45) is 0. The molecule has 0 radical (unpaired) electrons. The van der Waals surface area contributed by atoms with Crippen LogP contribution in [0.2, 0.25) is 0 Å². The molecule has 3 N–H and O–H groups in total. The van der Waals surface area contributed by atoms with Crippen molar-refractivity contribution in [1.82, 2.24) is 0 Å². The summed E-state index contributed by atoms with van der Waals surface area (Å²) in [4.78, 5) is 21.5. The zero-order valence-electron chi connectivity index (χ0n) is 9.74. The number of rotatable bonds is 4. The maximum absolute atomic E-state index is 11.5. The summed E-state index contributed by atoms with van der Waals surface area (Å²) < 4.78 is 0. The molecule has 0 aromatic heterocycles. The lowest BCUT2D eigenvalue weighted by Gasteiger charge is -2.20. The molecule has 0 saturated carbocycles. The molecule has 1 aromatic carbocycles. The average molecular weight is 290 g/mol. The maximum atomic E-state index is 11.5. The van der Waals surface area contributed by atoms with Crippen molar-refractivity contribution < 1.29 is 9.69 Å². The highest BCUT2D eigenvalue weighted by Gasteiger charge is 2.45. The molecule has 1 amide bonds. The Morgan fingerprint density at radius 2 is 1.76 bits per heavy atom. The molecule has 6 heteroatoms. The number of nitrogens with two attached hydrogens (primary N) is 1. The quantitative estimate of drug-likeness (QED) is 0.509. The van der Waals surface area contributed by atoms with E-state index in [0.29, 0.717) is 0 Å². The first-order valence-electron chi connectivity index (χ1n) is 5.20. The summed E-state index contributed by atoms with van der Waals surface area (Å²) >= 11 is 8.09. The van der Waals surface area contributed by atoms with Crippen LogP contribution in [-0.2, 0) is 4.79 Å². The zero-order chi connectivity index (χ0) is 13.2. The predicted octanol–water partition coefficient (Wildman–Crippen LogP) is 2.95. The fourth-order valence-corrected chi connectivity index (χ4v) is 4.18. The van der Waals surface area contributed by atoms with E-state index in [1.165, 1.54) is 0 Å². The van der Waals surface area contributed by atoms with Gasteiger partial charge in [-0.05, 0) is 11.5 Å². The number of benzene rings is 1. The number of thiol groups is 2. The van der Waals surface area contributed by atoms with Crippen molar-refractivity contribution in [3.05, 3.63) is 35.4 Å². The molecule has 0 aliphatic rings. The van der Waals surface area contributed by atoms with Gasteiger partial charge in [-0.3, -0.25) is 4.79 Å². The fourth-order valence-electron chi connectivity index (χ4n) is 1.80. The highest BCUT2D eigenvalue weighted by atomic mass is 33.1. The number of carbonyl (C=O) groups is 1. The van der Waals surface area contributed by atoms with Crippen LogP contribution in [0.3, 0.4) is 0 Å². The van der Waals surface area contributed by atoms with Crippen LogP contribution in [0.4, 0.5) is 0 Å². The summed E-state index contributed by atoms with van der Waals surface area (Å²) in [5, 5.41) is 0. The number of carbonyl (C=O) groups excluding carboxylic acids is 1. The summed E-state index contributed by atoms with van der Waals surface area (Å²) in [7, 11) is 0. The third-order valence-corrected chi connectivity index (χ3v) is 5.14. The normalized spacial score (nSPS) is 13.8. The van der Waals surface area contributed by atoms with E-state index in [9.17, 15) is 9.69 Å². The Morgan fingerprint density at radius 1 is 1.29 bits per heavy atom. The number of amides is 1. The molecular formula is C11H17NO2PS2+. The van der Waals surface area contributed by atoms with Gasteiger partial charge in [0.25, 0.3) is 11.8 Å². The van der Waals surface area contributed by atoms with E-state index in [-0.39, 0.29) is 5.92 Å². The van der Waals surface area contributed by atoms with Gasteiger partial charge in [-0.2, -0.15) is 0 Å². The van der Waals surface area contributed by atoms with E-state index < -0.39 is 17.5 Å². The van der Waals surface area contributed by atoms with Crippen molar-refractivity contribution in [2.45, 2.75) is 25.4 Å². The van der Waals surface area contributed by atoms with Crippen LogP contribution >= 0.6 is 30.4 Å². The van der Waals surface area contributed by atoms with Gasteiger partial charge in [-0.15, -0.1) is 0 Å². The summed E-state index contributed by atoms with van der Waals surface area (Å²) in [6.45, 7) is 4.04. The van der Waals surface area contributed by atoms with Crippen molar-refractivity contribution in [2.24, 2.45) is 5.73 Å². The van der Waals surface area contributed by atoms with Gasteiger partial charge < -0.3 is 5.73 Å². The fraction of sp³-hybridized carbons (Fsp3) is 0.364. The third-order valence-electron chi connectivity index (χ3n) is 2.53. The molecule has 17 heavy (non-hydrogen) atoms. The van der Waals surface area contributed by atoms with E-state index in [0.717, 1.165) is 11.1 Å². The predicted molar refractivity (Wildman–Crippen MR) is 79.6 cm³/mol. The monoisotopic (exact) mass is 290 g/mol. The Kier molecular flexibility index (Phi) is 4.90. The molecule has 0 bridgehead atoms. The molecule has 1 unspecified atom stereocenters. The average Bonchev–Trinajstić information content (AvgIpc) is 2.15. The lowest BCUT2D eigenvalue weighted by atomic mass is 9.95. The SMILES string of the molecule is CC(C)c1ccccc1C(C(N)=O)[P+](O)(S)S. The van der Waals surface area contributed by atoms with Gasteiger partial charge in [0.2, 0.25) is 5.66 Å². The molecule has 1 aromatic rings. The van der Waals surface area contributed by atoms with Gasteiger partial charge in [0.15, 0.2) is 0 Å². The minimum atomic E-state index is -2.96. The molecule has 0 heterocycles. The van der Waals surface area contributed by atoms with Crippen molar-refractivity contribution >= 4 is 36.3 Å². The topological polar surface area (TPSA) is 63.3 Å². The largest absolute Gasteiger partial charge is 0.366 e. The van der Waals surface area contributed by atoms with Crippen LogP contribution in [0.25, 0.3) is 0 Å². The Labute approximate surface area is 113 Å². The van der Waals surface area contributed by atoms with Crippen molar-refractivity contribution in [3.8, 4) is 0 Å². The summed E-state index contributed by atoms with van der Waals surface area (Å²) in [5.41, 5.74) is 6.22. The van der Waals surface area contributed by atoms with E-state index in [4.69, 9.17) is 5.73 Å². The zero-order valence-corrected chi connectivity index (χ0v) is 12.4. The molecule has 3 nitrogen and oxygen atoms in total. The number of hydrogen-bond acceptors (Lipinski definition) is 4. The van der Waals surface area contributed by atoms with Gasteiger partial charge in [0.1, 0.15) is 0 Å². The number of hydrogen-bond donors (Lipinski definition) is 4. The van der Waals surface area contributed by atoms with Crippen molar-refractivity contribution in [1.29, 1.82) is 0 Å². The van der Waals surface area contributed by atoms with Gasteiger partial charge in [0.05, 0.1) is 0 Å². The molecular weight excluding hydrogens is 273 g/mol. The van der Waals surface area contributed by atoms with Gasteiger partial charge >= 0.3 is 0 Å². The smallest absolute Gasteiger partial charge is 0.269 e. The first-order chi connectivity index (χ1) is 7.75. The molecule has 1 atom stereocenters. The van der Waals surface area contributed by atoms with Crippen LogP contribution in [0.15, 0.2) is 24.3 Å². The molecule has 0 fully saturated rings. The highest BCUT2D eigenvalue weighted by Crippen LogP contribution is 2.74. The summed E-state index contributed by atoms with van der Waals surface area (Å²) in [6, 6.07) is 7.43. The third kappa shape index (κ3) is 3.62. The van der Waals surface area contributed by atoms with Gasteiger partial charge in [-0.25, -0.2) is 4.89 Å². The lowest BCUT2D eigenvalue weighted by Crippen LogP contribution is -2.22.